The first-order chi connectivity index (χ1) is 17.9. The quantitative estimate of drug-likeness (QED) is 0.229. The van der Waals surface area contributed by atoms with Gasteiger partial charge in [0.2, 0.25) is 10.0 Å². The van der Waals surface area contributed by atoms with Gasteiger partial charge in [-0.05, 0) is 34.4 Å². The van der Waals surface area contributed by atoms with Crippen LogP contribution in [0.3, 0.4) is 0 Å². The number of aliphatic carboxylic acids is 1. The highest BCUT2D eigenvalue weighted by Gasteiger charge is 2.15. The number of aromatic amines is 1. The van der Waals surface area contributed by atoms with Crippen LogP contribution in [-0.2, 0) is 20.6 Å². The van der Waals surface area contributed by atoms with Gasteiger partial charge in [-0.2, -0.15) is 0 Å². The van der Waals surface area contributed by atoms with Gasteiger partial charge in [0.25, 0.3) is 0 Å². The van der Waals surface area contributed by atoms with Crippen LogP contribution in [-0.4, -0.2) is 29.5 Å². The molecule has 5 rings (SSSR count). The van der Waals surface area contributed by atoms with Crippen molar-refractivity contribution in [2.45, 2.75) is 5.75 Å². The summed E-state index contributed by atoms with van der Waals surface area (Å²) in [6.07, 6.45) is 4.62. The van der Waals surface area contributed by atoms with E-state index in [9.17, 15) is 18.3 Å². The standard InChI is InChI=1S/C29H23N3O4S/c33-29(34)27(23-9-5-2-6-10-23)15-24-17-30-28-26(24)16-25(18-31-28)32-37(35,36)19-20-11-13-22(14-12-20)21-7-3-1-4-8-21/h1-18,32H,19H2,(H,30,31)(H,33,34). The number of benzene rings is 3. The molecule has 184 valence electrons. The van der Waals surface area contributed by atoms with Crippen LogP contribution in [0.25, 0.3) is 33.8 Å². The summed E-state index contributed by atoms with van der Waals surface area (Å²) in [5, 5.41) is 10.3. The summed E-state index contributed by atoms with van der Waals surface area (Å²) in [6.45, 7) is 0. The maximum Gasteiger partial charge on any atom is 0.336 e. The molecular weight excluding hydrogens is 486 g/mol. The van der Waals surface area contributed by atoms with Crippen molar-refractivity contribution in [1.29, 1.82) is 0 Å². The lowest BCUT2D eigenvalue weighted by Gasteiger charge is -2.09. The number of H-pyrrole nitrogens is 1. The first-order valence-corrected chi connectivity index (χ1v) is 13.2. The van der Waals surface area contributed by atoms with E-state index in [2.05, 4.69) is 14.7 Å². The normalized spacial score (nSPS) is 11.9. The molecule has 0 bridgehead atoms. The number of nitrogens with one attached hydrogen (secondary N) is 2. The molecule has 2 heterocycles. The van der Waals surface area contributed by atoms with Crippen molar-refractivity contribution in [2.75, 3.05) is 4.72 Å². The first kappa shape index (κ1) is 24.0. The Labute approximate surface area is 214 Å². The molecule has 7 nitrogen and oxygen atoms in total. The van der Waals surface area contributed by atoms with Crippen molar-refractivity contribution in [3.8, 4) is 11.1 Å². The van der Waals surface area contributed by atoms with E-state index in [4.69, 9.17) is 0 Å². The first-order valence-electron chi connectivity index (χ1n) is 11.5. The molecule has 3 aromatic carbocycles. The van der Waals surface area contributed by atoms with Crippen molar-refractivity contribution < 1.29 is 18.3 Å². The minimum atomic E-state index is -3.72. The lowest BCUT2D eigenvalue weighted by molar-refractivity contribution is -0.130. The van der Waals surface area contributed by atoms with Gasteiger partial charge < -0.3 is 10.1 Å². The molecule has 3 N–H and O–H groups in total. The van der Waals surface area contributed by atoms with Crippen LogP contribution in [0.15, 0.2) is 103 Å². The molecule has 0 saturated carbocycles. The van der Waals surface area contributed by atoms with Crippen LogP contribution in [0.2, 0.25) is 0 Å². The highest BCUT2D eigenvalue weighted by atomic mass is 32.2. The van der Waals surface area contributed by atoms with E-state index < -0.39 is 16.0 Å². The van der Waals surface area contributed by atoms with E-state index in [1.807, 2.05) is 48.5 Å². The lowest BCUT2D eigenvalue weighted by atomic mass is 10.0. The number of sulfonamides is 1. The third-order valence-electron chi connectivity index (χ3n) is 5.87. The van der Waals surface area contributed by atoms with Gasteiger partial charge in [-0.3, -0.25) is 4.72 Å². The Balaban J connectivity index is 1.38. The number of hydrogen-bond donors (Lipinski definition) is 3. The molecule has 0 aliphatic rings. The zero-order chi connectivity index (χ0) is 25.8. The van der Waals surface area contributed by atoms with E-state index in [1.165, 1.54) is 6.20 Å². The molecule has 0 unspecified atom stereocenters. The zero-order valence-corrected chi connectivity index (χ0v) is 20.4. The summed E-state index contributed by atoms with van der Waals surface area (Å²) >= 11 is 0. The van der Waals surface area contributed by atoms with Crippen LogP contribution in [0.5, 0.6) is 0 Å². The van der Waals surface area contributed by atoms with Crippen molar-refractivity contribution >= 4 is 44.4 Å². The Morgan fingerprint density at radius 2 is 1.57 bits per heavy atom. The van der Waals surface area contributed by atoms with Gasteiger partial charge in [0.1, 0.15) is 5.65 Å². The number of rotatable bonds is 8. The fourth-order valence-electron chi connectivity index (χ4n) is 4.10. The van der Waals surface area contributed by atoms with Crippen LogP contribution in [0, 0.1) is 0 Å². The Kier molecular flexibility index (Phi) is 6.57. The largest absolute Gasteiger partial charge is 0.478 e. The minimum Gasteiger partial charge on any atom is -0.478 e. The summed E-state index contributed by atoms with van der Waals surface area (Å²) in [5.74, 6) is -1.26. The van der Waals surface area contributed by atoms with E-state index in [-0.39, 0.29) is 11.3 Å². The second-order valence-electron chi connectivity index (χ2n) is 8.52. The number of aromatic nitrogens is 2. The van der Waals surface area contributed by atoms with E-state index >= 15 is 0 Å². The average molecular weight is 510 g/mol. The molecule has 8 heteroatoms. The number of carbonyl (C=O) groups is 1. The summed E-state index contributed by atoms with van der Waals surface area (Å²) < 4.78 is 28.4. The maximum absolute atomic E-state index is 12.9. The van der Waals surface area contributed by atoms with Crippen molar-refractivity contribution in [3.05, 3.63) is 120 Å². The number of hydrogen-bond acceptors (Lipinski definition) is 4. The molecular formula is C29H23N3O4S. The Bertz CT molecular complexity index is 1690. The molecule has 2 aromatic heterocycles. The van der Waals surface area contributed by atoms with Crippen LogP contribution in [0.1, 0.15) is 16.7 Å². The Morgan fingerprint density at radius 3 is 2.24 bits per heavy atom. The minimum absolute atomic E-state index is 0.117. The third-order valence-corrected chi connectivity index (χ3v) is 7.13. The maximum atomic E-state index is 12.9. The van der Waals surface area contributed by atoms with Gasteiger partial charge in [0.05, 0.1) is 23.2 Å². The predicted molar refractivity (Wildman–Crippen MR) is 146 cm³/mol. The van der Waals surface area contributed by atoms with Gasteiger partial charge in [0.15, 0.2) is 0 Å². The molecule has 0 atom stereocenters. The topological polar surface area (TPSA) is 112 Å². The fourth-order valence-corrected chi connectivity index (χ4v) is 5.27. The second kappa shape index (κ2) is 10.1. The number of anilines is 1. The number of fused-ring (bicyclic) bond motifs is 1. The summed E-state index contributed by atoms with van der Waals surface area (Å²) in [5.41, 5.74) is 4.79. The van der Waals surface area contributed by atoms with E-state index in [1.54, 1.807) is 54.7 Å². The molecule has 0 radical (unpaired) electrons. The zero-order valence-electron chi connectivity index (χ0n) is 19.6. The molecule has 37 heavy (non-hydrogen) atoms. The lowest BCUT2D eigenvalue weighted by Crippen LogP contribution is -2.15. The number of carboxylic acid groups (broad SMARTS) is 1. The summed E-state index contributed by atoms with van der Waals surface area (Å²) in [7, 11) is -3.72. The molecule has 0 spiro atoms. The van der Waals surface area contributed by atoms with Gasteiger partial charge in [0, 0.05) is 17.1 Å². The van der Waals surface area contributed by atoms with Gasteiger partial charge >= 0.3 is 5.97 Å². The SMILES string of the molecule is O=C(O)C(=Cc1c[nH]c2ncc(NS(=O)(=O)Cc3ccc(-c4ccccc4)cc3)cc12)c1ccccc1. The van der Waals surface area contributed by atoms with Crippen molar-refractivity contribution in [3.63, 3.8) is 0 Å². The summed E-state index contributed by atoms with van der Waals surface area (Å²) in [4.78, 5) is 19.2. The van der Waals surface area contributed by atoms with Gasteiger partial charge in [-0.1, -0.05) is 84.9 Å². The Morgan fingerprint density at radius 1 is 0.919 bits per heavy atom. The number of nitrogens with zero attached hydrogens (tertiary/aromatic N) is 1. The average Bonchev–Trinajstić information content (AvgIpc) is 3.30. The summed E-state index contributed by atoms with van der Waals surface area (Å²) in [6, 6.07) is 27.7. The smallest absolute Gasteiger partial charge is 0.336 e. The molecule has 0 aliphatic carbocycles. The Hall–Kier alpha value is -4.69. The predicted octanol–water partition coefficient (Wildman–Crippen LogP) is 5.80. The molecule has 0 aliphatic heterocycles. The van der Waals surface area contributed by atoms with Crippen molar-refractivity contribution in [1.82, 2.24) is 9.97 Å². The van der Waals surface area contributed by atoms with E-state index in [0.29, 0.717) is 33.4 Å². The van der Waals surface area contributed by atoms with Crippen LogP contribution in [0.4, 0.5) is 5.69 Å². The van der Waals surface area contributed by atoms with E-state index in [0.717, 1.165) is 11.1 Å². The molecule has 0 saturated heterocycles. The monoisotopic (exact) mass is 509 g/mol. The highest BCUT2D eigenvalue weighted by molar-refractivity contribution is 7.91. The molecule has 0 amide bonds. The van der Waals surface area contributed by atoms with Gasteiger partial charge in [-0.15, -0.1) is 0 Å². The molecule has 0 fully saturated rings. The number of pyridine rings is 1. The van der Waals surface area contributed by atoms with Crippen LogP contribution < -0.4 is 4.72 Å². The second-order valence-corrected chi connectivity index (χ2v) is 10.2. The number of carboxylic acids is 1. The van der Waals surface area contributed by atoms with Gasteiger partial charge in [-0.25, -0.2) is 18.2 Å². The van der Waals surface area contributed by atoms with Crippen molar-refractivity contribution in [2.24, 2.45) is 0 Å². The highest BCUT2D eigenvalue weighted by Crippen LogP contribution is 2.26. The fraction of sp³-hybridized carbons (Fsp3) is 0.0345. The van der Waals surface area contributed by atoms with Crippen LogP contribution >= 0.6 is 0 Å². The molecule has 5 aromatic rings. The third kappa shape index (κ3) is 5.60.